The lowest BCUT2D eigenvalue weighted by atomic mass is 9.88. The van der Waals surface area contributed by atoms with E-state index in [2.05, 4.69) is 22.8 Å². The van der Waals surface area contributed by atoms with Gasteiger partial charge in [-0.1, -0.05) is 36.6 Å². The number of thiocarbonyl (C=S) groups is 1. The lowest BCUT2D eigenvalue weighted by Gasteiger charge is -2.32. The summed E-state index contributed by atoms with van der Waals surface area (Å²) in [4.78, 5) is 0. The largest absolute Gasteiger partial charge is 0.497 e. The van der Waals surface area contributed by atoms with E-state index in [1.807, 2.05) is 12.1 Å². The van der Waals surface area contributed by atoms with Crippen molar-refractivity contribution in [1.82, 2.24) is 5.32 Å². The zero-order valence-electron chi connectivity index (χ0n) is 13.9. The average molecular weight is 379 g/mol. The predicted octanol–water partition coefficient (Wildman–Crippen LogP) is 5.24. The molecule has 2 aromatic carbocycles. The molecular formula is C19H20ClFN2OS. The second-order valence-electron chi connectivity index (χ2n) is 6.23. The van der Waals surface area contributed by atoms with Crippen LogP contribution in [0.2, 0.25) is 5.02 Å². The van der Waals surface area contributed by atoms with E-state index in [1.54, 1.807) is 13.2 Å². The molecule has 0 aromatic heterocycles. The summed E-state index contributed by atoms with van der Waals surface area (Å²) in [6.07, 6.45) is 4.30. The van der Waals surface area contributed by atoms with Crippen molar-refractivity contribution in [3.8, 4) is 5.75 Å². The number of nitrogens with one attached hydrogen (secondary N) is 2. The van der Waals surface area contributed by atoms with Gasteiger partial charge >= 0.3 is 0 Å². The Hall–Kier alpha value is -1.85. The molecule has 0 amide bonds. The summed E-state index contributed by atoms with van der Waals surface area (Å²) >= 11 is 11.3. The summed E-state index contributed by atoms with van der Waals surface area (Å²) in [6, 6.07) is 12.6. The maximum atomic E-state index is 13.3. The Morgan fingerprint density at radius 3 is 2.44 bits per heavy atom. The molecule has 1 fully saturated rings. The van der Waals surface area contributed by atoms with Gasteiger partial charge in [0.1, 0.15) is 11.6 Å². The van der Waals surface area contributed by atoms with E-state index < -0.39 is 5.82 Å². The van der Waals surface area contributed by atoms with Crippen LogP contribution in [0.25, 0.3) is 0 Å². The van der Waals surface area contributed by atoms with Crippen LogP contribution in [0.1, 0.15) is 31.2 Å². The summed E-state index contributed by atoms with van der Waals surface area (Å²) in [5.41, 5.74) is 1.65. The Labute approximate surface area is 157 Å². The Kier molecular flexibility index (Phi) is 5.45. The van der Waals surface area contributed by atoms with Gasteiger partial charge in [0.25, 0.3) is 0 Å². The third-order valence-electron chi connectivity index (χ3n) is 4.63. The van der Waals surface area contributed by atoms with Gasteiger partial charge in [-0.05, 0) is 61.0 Å². The fourth-order valence-corrected chi connectivity index (χ4v) is 3.82. The molecule has 2 N–H and O–H groups in total. The van der Waals surface area contributed by atoms with E-state index in [4.69, 9.17) is 28.6 Å². The SMILES string of the molecule is COc1ccc(C2(NC(=S)Nc3ccc(F)c(Cl)c3)CCCC2)cc1. The van der Waals surface area contributed by atoms with E-state index in [0.29, 0.717) is 10.8 Å². The highest BCUT2D eigenvalue weighted by atomic mass is 35.5. The second kappa shape index (κ2) is 7.58. The zero-order chi connectivity index (χ0) is 17.9. The summed E-state index contributed by atoms with van der Waals surface area (Å²) in [7, 11) is 1.66. The zero-order valence-corrected chi connectivity index (χ0v) is 15.5. The van der Waals surface area contributed by atoms with Crippen molar-refractivity contribution >= 4 is 34.6 Å². The van der Waals surface area contributed by atoms with Crippen molar-refractivity contribution in [2.24, 2.45) is 0 Å². The van der Waals surface area contributed by atoms with Crippen LogP contribution in [0.3, 0.4) is 0 Å². The summed E-state index contributed by atoms with van der Waals surface area (Å²) in [5.74, 6) is 0.384. The summed E-state index contributed by atoms with van der Waals surface area (Å²) in [5, 5.41) is 7.14. The highest BCUT2D eigenvalue weighted by molar-refractivity contribution is 7.80. The molecule has 6 heteroatoms. The third-order valence-corrected chi connectivity index (χ3v) is 5.12. The third kappa shape index (κ3) is 4.05. The first-order chi connectivity index (χ1) is 12.0. The second-order valence-corrected chi connectivity index (χ2v) is 7.04. The van der Waals surface area contributed by atoms with E-state index in [-0.39, 0.29) is 10.6 Å². The van der Waals surface area contributed by atoms with Gasteiger partial charge in [-0.3, -0.25) is 0 Å². The van der Waals surface area contributed by atoms with Gasteiger partial charge in [0.15, 0.2) is 5.11 Å². The lowest BCUT2D eigenvalue weighted by Crippen LogP contribution is -2.45. The van der Waals surface area contributed by atoms with Gasteiger partial charge in [-0.15, -0.1) is 0 Å². The van der Waals surface area contributed by atoms with Gasteiger partial charge in [0.2, 0.25) is 0 Å². The van der Waals surface area contributed by atoms with Crippen LogP contribution >= 0.6 is 23.8 Å². The van der Waals surface area contributed by atoms with Crippen LogP contribution < -0.4 is 15.4 Å². The van der Waals surface area contributed by atoms with E-state index in [0.717, 1.165) is 31.4 Å². The van der Waals surface area contributed by atoms with Gasteiger partial charge in [-0.2, -0.15) is 0 Å². The fraction of sp³-hybridized carbons (Fsp3) is 0.316. The van der Waals surface area contributed by atoms with Gasteiger partial charge in [-0.25, -0.2) is 4.39 Å². The maximum Gasteiger partial charge on any atom is 0.171 e. The van der Waals surface area contributed by atoms with Gasteiger partial charge < -0.3 is 15.4 Å². The number of halogens is 2. The number of anilines is 1. The van der Waals surface area contributed by atoms with Crippen LogP contribution in [-0.4, -0.2) is 12.2 Å². The molecule has 1 saturated carbocycles. The van der Waals surface area contributed by atoms with E-state index in [1.165, 1.54) is 17.7 Å². The van der Waals surface area contributed by atoms with Crippen LogP contribution in [0.4, 0.5) is 10.1 Å². The molecule has 0 saturated heterocycles. The monoisotopic (exact) mass is 378 g/mol. The van der Waals surface area contributed by atoms with Crippen LogP contribution in [0, 0.1) is 5.82 Å². The lowest BCUT2D eigenvalue weighted by molar-refractivity contribution is 0.401. The number of benzene rings is 2. The van der Waals surface area contributed by atoms with Gasteiger partial charge in [0, 0.05) is 5.69 Å². The first-order valence-corrected chi connectivity index (χ1v) is 9.00. The molecule has 1 aliphatic carbocycles. The smallest absolute Gasteiger partial charge is 0.171 e. The molecule has 0 radical (unpaired) electrons. The average Bonchev–Trinajstić information content (AvgIpc) is 3.08. The molecule has 0 unspecified atom stereocenters. The maximum absolute atomic E-state index is 13.3. The minimum absolute atomic E-state index is 0.0681. The van der Waals surface area contributed by atoms with Crippen molar-refractivity contribution in [1.29, 1.82) is 0 Å². The highest BCUT2D eigenvalue weighted by Crippen LogP contribution is 2.39. The standard InChI is InChI=1S/C19H20ClFN2OS/c1-24-15-7-4-13(5-8-15)19(10-2-3-11-19)23-18(25)22-14-6-9-17(21)16(20)12-14/h4-9,12H,2-3,10-11H2,1H3,(H2,22,23,25). The van der Waals surface area contributed by atoms with Crippen molar-refractivity contribution in [2.75, 3.05) is 12.4 Å². The number of hydrogen-bond acceptors (Lipinski definition) is 2. The molecule has 1 aliphatic rings. The van der Waals surface area contributed by atoms with Crippen molar-refractivity contribution in [3.63, 3.8) is 0 Å². The topological polar surface area (TPSA) is 33.3 Å². The molecule has 3 rings (SSSR count). The number of rotatable bonds is 4. The van der Waals surface area contributed by atoms with Crippen molar-refractivity contribution in [3.05, 3.63) is 58.9 Å². The Balaban J connectivity index is 1.76. The fourth-order valence-electron chi connectivity index (χ4n) is 3.33. The Bertz CT molecular complexity index is 761. The molecular weight excluding hydrogens is 359 g/mol. The van der Waals surface area contributed by atoms with Crippen molar-refractivity contribution < 1.29 is 9.13 Å². The molecule has 0 spiro atoms. The van der Waals surface area contributed by atoms with Crippen LogP contribution in [-0.2, 0) is 5.54 Å². The number of hydrogen-bond donors (Lipinski definition) is 2. The summed E-state index contributed by atoms with van der Waals surface area (Å²) in [6.45, 7) is 0. The van der Waals surface area contributed by atoms with Gasteiger partial charge in [0.05, 0.1) is 17.7 Å². The normalized spacial score (nSPS) is 15.6. The van der Waals surface area contributed by atoms with Crippen LogP contribution in [0.5, 0.6) is 5.75 Å². The van der Waals surface area contributed by atoms with Crippen molar-refractivity contribution in [2.45, 2.75) is 31.2 Å². The quantitative estimate of drug-likeness (QED) is 0.712. The molecule has 0 heterocycles. The summed E-state index contributed by atoms with van der Waals surface area (Å²) < 4.78 is 18.5. The predicted molar refractivity (Wildman–Crippen MR) is 104 cm³/mol. The van der Waals surface area contributed by atoms with E-state index in [9.17, 15) is 4.39 Å². The molecule has 0 aliphatic heterocycles. The molecule has 25 heavy (non-hydrogen) atoms. The van der Waals surface area contributed by atoms with E-state index >= 15 is 0 Å². The first-order valence-electron chi connectivity index (χ1n) is 8.21. The number of methoxy groups -OCH3 is 1. The minimum atomic E-state index is -0.448. The molecule has 2 aromatic rings. The molecule has 0 atom stereocenters. The minimum Gasteiger partial charge on any atom is -0.497 e. The Morgan fingerprint density at radius 1 is 1.16 bits per heavy atom. The molecule has 0 bridgehead atoms. The Morgan fingerprint density at radius 2 is 1.84 bits per heavy atom. The highest BCUT2D eigenvalue weighted by Gasteiger charge is 2.36. The number of ether oxygens (including phenoxy) is 1. The molecule has 132 valence electrons. The first kappa shape index (κ1) is 18.0. The molecule has 3 nitrogen and oxygen atoms in total. The van der Waals surface area contributed by atoms with Crippen LogP contribution in [0.15, 0.2) is 42.5 Å².